The van der Waals surface area contributed by atoms with E-state index in [1.807, 2.05) is 7.05 Å². The van der Waals surface area contributed by atoms with Crippen molar-refractivity contribution in [2.45, 2.75) is 19.3 Å². The lowest BCUT2D eigenvalue weighted by Crippen LogP contribution is -2.27. The molecule has 0 radical (unpaired) electrons. The van der Waals surface area contributed by atoms with Crippen LogP contribution in [0.15, 0.2) is 0 Å². The topological polar surface area (TPSA) is 24.1 Å². The minimum Gasteiger partial charge on any atom is -0.317 e. The molecule has 0 aromatic heterocycles. The molecular weight excluding hydrogens is 148 g/mol. The van der Waals surface area contributed by atoms with Crippen LogP contribution in [-0.2, 0) is 0 Å². The lowest BCUT2D eigenvalue weighted by atomic mass is 9.95. The summed E-state index contributed by atoms with van der Waals surface area (Å²) in [6, 6.07) is 0. The van der Waals surface area contributed by atoms with Crippen LogP contribution < -0.4 is 10.6 Å². The third kappa shape index (κ3) is 3.75. The van der Waals surface area contributed by atoms with Gasteiger partial charge in [-0.05, 0) is 38.9 Å². The van der Waals surface area contributed by atoms with E-state index < -0.39 is 0 Å². The van der Waals surface area contributed by atoms with E-state index in [2.05, 4.69) is 22.5 Å². The molecule has 1 fully saturated rings. The molecule has 0 saturated carbocycles. The fourth-order valence-electron chi connectivity index (χ4n) is 1.45. The lowest BCUT2D eigenvalue weighted by molar-refractivity contribution is 0.381. The Labute approximate surface area is 75.1 Å². The van der Waals surface area contributed by atoms with E-state index in [1.54, 1.807) is 0 Å². The molecule has 0 aliphatic carbocycles. The number of hydrogen-bond donors (Lipinski definition) is 2. The van der Waals surface area contributed by atoms with Crippen molar-refractivity contribution in [1.82, 2.24) is 10.6 Å². The van der Waals surface area contributed by atoms with E-state index in [-0.39, 0.29) is 0 Å². The van der Waals surface area contributed by atoms with Gasteiger partial charge in [-0.3, -0.25) is 0 Å². The zero-order chi connectivity index (χ0) is 8.65. The molecule has 1 aliphatic rings. The van der Waals surface area contributed by atoms with E-state index >= 15 is 0 Å². The second kappa shape index (κ2) is 6.05. The summed E-state index contributed by atoms with van der Waals surface area (Å²) < 4.78 is 0. The van der Waals surface area contributed by atoms with Crippen LogP contribution in [0.5, 0.6) is 0 Å². The van der Waals surface area contributed by atoms with Crippen molar-refractivity contribution >= 4 is 0 Å². The third-order valence-electron chi connectivity index (χ3n) is 2.24. The Balaban J connectivity index is 2.09. The van der Waals surface area contributed by atoms with Crippen molar-refractivity contribution in [1.29, 1.82) is 0 Å². The van der Waals surface area contributed by atoms with Crippen LogP contribution in [-0.4, -0.2) is 26.7 Å². The van der Waals surface area contributed by atoms with Gasteiger partial charge in [-0.15, -0.1) is 5.92 Å². The largest absolute Gasteiger partial charge is 0.317 e. The molecule has 0 amide bonds. The van der Waals surface area contributed by atoms with Gasteiger partial charge >= 0.3 is 0 Å². The summed E-state index contributed by atoms with van der Waals surface area (Å²) in [5.74, 6) is 7.16. The Morgan fingerprint density at radius 3 is 2.75 bits per heavy atom. The summed E-state index contributed by atoms with van der Waals surface area (Å²) >= 11 is 0. The van der Waals surface area contributed by atoms with Crippen LogP contribution in [0.2, 0.25) is 0 Å². The highest BCUT2D eigenvalue weighted by atomic mass is 14.9. The molecule has 1 saturated heterocycles. The smallest absolute Gasteiger partial charge is 0.0574 e. The Hall–Kier alpha value is -0.520. The summed E-state index contributed by atoms with van der Waals surface area (Å²) in [4.78, 5) is 0. The van der Waals surface area contributed by atoms with Gasteiger partial charge in [0.25, 0.3) is 0 Å². The molecule has 0 atom stereocenters. The first-order valence-corrected chi connectivity index (χ1v) is 4.74. The van der Waals surface area contributed by atoms with Gasteiger partial charge in [0.1, 0.15) is 0 Å². The van der Waals surface area contributed by atoms with Gasteiger partial charge in [-0.1, -0.05) is 5.92 Å². The molecule has 0 bridgehead atoms. The van der Waals surface area contributed by atoms with Crippen molar-refractivity contribution in [2.24, 2.45) is 5.92 Å². The van der Waals surface area contributed by atoms with Crippen molar-refractivity contribution in [3.05, 3.63) is 0 Å². The quantitative estimate of drug-likeness (QED) is 0.587. The van der Waals surface area contributed by atoms with Gasteiger partial charge < -0.3 is 10.6 Å². The second-order valence-corrected chi connectivity index (χ2v) is 3.28. The maximum absolute atomic E-state index is 3.36. The first kappa shape index (κ1) is 9.57. The fraction of sp³-hybridized carbons (Fsp3) is 0.800. The van der Waals surface area contributed by atoms with Crippen LogP contribution in [0, 0.1) is 17.8 Å². The normalized spacial score (nSPS) is 18.4. The highest BCUT2D eigenvalue weighted by Crippen LogP contribution is 2.14. The number of nitrogens with one attached hydrogen (secondary N) is 2. The maximum Gasteiger partial charge on any atom is 0.0574 e. The minimum atomic E-state index is 0.824. The minimum absolute atomic E-state index is 0.824. The van der Waals surface area contributed by atoms with Gasteiger partial charge in [-0.25, -0.2) is 0 Å². The van der Waals surface area contributed by atoms with Crippen molar-refractivity contribution < 1.29 is 0 Å². The molecule has 1 aliphatic heterocycles. The van der Waals surface area contributed by atoms with Gasteiger partial charge in [-0.2, -0.15) is 0 Å². The van der Waals surface area contributed by atoms with Crippen molar-refractivity contribution in [3.8, 4) is 11.8 Å². The van der Waals surface area contributed by atoms with Crippen molar-refractivity contribution in [3.63, 3.8) is 0 Å². The van der Waals surface area contributed by atoms with Crippen LogP contribution in [0.25, 0.3) is 0 Å². The zero-order valence-electron chi connectivity index (χ0n) is 7.82. The molecule has 0 unspecified atom stereocenters. The molecule has 68 valence electrons. The molecule has 12 heavy (non-hydrogen) atoms. The van der Waals surface area contributed by atoms with E-state index in [9.17, 15) is 0 Å². The first-order chi connectivity index (χ1) is 5.93. The summed E-state index contributed by atoms with van der Waals surface area (Å²) in [6.07, 6.45) is 3.69. The standard InChI is InChI=1S/C10H18N2/c1-11-7-3-2-4-10-5-8-12-9-6-10/h10-12H,4-9H2,1H3. The number of rotatable bonds is 2. The van der Waals surface area contributed by atoms with Gasteiger partial charge in [0.2, 0.25) is 0 Å². The van der Waals surface area contributed by atoms with Crippen LogP contribution >= 0.6 is 0 Å². The predicted molar refractivity (Wildman–Crippen MR) is 51.9 cm³/mol. The molecule has 1 rings (SSSR count). The first-order valence-electron chi connectivity index (χ1n) is 4.74. The third-order valence-corrected chi connectivity index (χ3v) is 2.24. The van der Waals surface area contributed by atoms with E-state index in [0.29, 0.717) is 0 Å². The maximum atomic E-state index is 3.36. The summed E-state index contributed by atoms with van der Waals surface area (Å²) in [7, 11) is 1.93. The van der Waals surface area contributed by atoms with Gasteiger partial charge in [0.05, 0.1) is 6.54 Å². The van der Waals surface area contributed by atoms with Gasteiger partial charge in [0, 0.05) is 6.42 Å². The average molecular weight is 166 g/mol. The second-order valence-electron chi connectivity index (χ2n) is 3.28. The molecule has 2 N–H and O–H groups in total. The SMILES string of the molecule is CNCC#CCC1CCNCC1. The number of piperidine rings is 1. The Morgan fingerprint density at radius 1 is 1.33 bits per heavy atom. The molecule has 1 heterocycles. The summed E-state index contributed by atoms with van der Waals surface area (Å²) in [5.41, 5.74) is 0. The van der Waals surface area contributed by atoms with Crippen LogP contribution in [0.3, 0.4) is 0 Å². The van der Waals surface area contributed by atoms with Gasteiger partial charge in [0.15, 0.2) is 0 Å². The Morgan fingerprint density at radius 2 is 2.08 bits per heavy atom. The molecule has 0 aromatic carbocycles. The molecule has 0 spiro atoms. The zero-order valence-corrected chi connectivity index (χ0v) is 7.82. The fourth-order valence-corrected chi connectivity index (χ4v) is 1.45. The monoisotopic (exact) mass is 166 g/mol. The van der Waals surface area contributed by atoms with Crippen LogP contribution in [0.1, 0.15) is 19.3 Å². The molecule has 0 aromatic rings. The number of hydrogen-bond acceptors (Lipinski definition) is 2. The lowest BCUT2D eigenvalue weighted by Gasteiger charge is -2.20. The van der Waals surface area contributed by atoms with E-state index in [4.69, 9.17) is 0 Å². The van der Waals surface area contributed by atoms with E-state index in [1.165, 1.54) is 25.9 Å². The average Bonchev–Trinajstić information content (AvgIpc) is 2.14. The molecule has 2 nitrogen and oxygen atoms in total. The predicted octanol–water partition coefficient (Wildman–Crippen LogP) is 0.599. The Kier molecular flexibility index (Phi) is 4.82. The summed E-state index contributed by atoms with van der Waals surface area (Å²) in [6.45, 7) is 3.18. The van der Waals surface area contributed by atoms with E-state index in [0.717, 1.165) is 18.9 Å². The summed E-state index contributed by atoms with van der Waals surface area (Å²) in [5, 5.41) is 6.38. The highest BCUT2D eigenvalue weighted by molar-refractivity contribution is 5.01. The Bertz CT molecular complexity index is 160. The van der Waals surface area contributed by atoms with Crippen molar-refractivity contribution in [2.75, 3.05) is 26.7 Å². The van der Waals surface area contributed by atoms with Crippen LogP contribution in [0.4, 0.5) is 0 Å². The molecular formula is C10H18N2. The highest BCUT2D eigenvalue weighted by Gasteiger charge is 2.10. The molecule has 2 heteroatoms.